The van der Waals surface area contributed by atoms with Gasteiger partial charge < -0.3 is 5.32 Å². The maximum atomic E-state index is 3.64. The van der Waals surface area contributed by atoms with Crippen LogP contribution in [0, 0.1) is 5.92 Å². The standard InChI is InChI=1S/C6H13N.ClH/c1-4-6(2)5-7-3;/h4,6-7H,1,5H2,2-3H3;1H. The van der Waals surface area contributed by atoms with Crippen LogP contribution in [0.25, 0.3) is 0 Å². The SMILES string of the molecule is C=CC(C)CNC.Cl. The molecular formula is C6H14ClN. The summed E-state index contributed by atoms with van der Waals surface area (Å²) in [5.74, 6) is 0.602. The molecule has 1 N–H and O–H groups in total. The summed E-state index contributed by atoms with van der Waals surface area (Å²) in [6, 6.07) is 0. The number of halogens is 1. The minimum Gasteiger partial charge on any atom is -0.319 e. The Morgan fingerprint density at radius 1 is 1.75 bits per heavy atom. The van der Waals surface area contributed by atoms with E-state index in [4.69, 9.17) is 0 Å². The van der Waals surface area contributed by atoms with Crippen LogP contribution in [0.4, 0.5) is 0 Å². The van der Waals surface area contributed by atoms with E-state index in [0.29, 0.717) is 5.92 Å². The quantitative estimate of drug-likeness (QED) is 0.578. The van der Waals surface area contributed by atoms with Gasteiger partial charge in [0.15, 0.2) is 0 Å². The molecular weight excluding hydrogens is 122 g/mol. The molecule has 0 amide bonds. The van der Waals surface area contributed by atoms with Gasteiger partial charge in [-0.3, -0.25) is 0 Å². The maximum Gasteiger partial charge on any atom is 0.000840 e. The highest BCUT2D eigenvalue weighted by Crippen LogP contribution is 1.89. The van der Waals surface area contributed by atoms with Gasteiger partial charge in [-0.2, -0.15) is 0 Å². The Hall–Kier alpha value is -0.0100. The first kappa shape index (κ1) is 10.9. The monoisotopic (exact) mass is 135 g/mol. The third-order valence-electron chi connectivity index (χ3n) is 0.928. The molecule has 2 heteroatoms. The van der Waals surface area contributed by atoms with Crippen molar-refractivity contribution in [3.63, 3.8) is 0 Å². The first-order valence-electron chi connectivity index (χ1n) is 2.58. The van der Waals surface area contributed by atoms with Crippen molar-refractivity contribution in [1.29, 1.82) is 0 Å². The Morgan fingerprint density at radius 3 is 2.38 bits per heavy atom. The molecule has 0 aliphatic carbocycles. The zero-order valence-corrected chi connectivity index (χ0v) is 6.29. The molecule has 0 aromatic rings. The summed E-state index contributed by atoms with van der Waals surface area (Å²) in [7, 11) is 1.94. The van der Waals surface area contributed by atoms with Gasteiger partial charge in [0.1, 0.15) is 0 Å². The molecule has 0 aromatic heterocycles. The lowest BCUT2D eigenvalue weighted by molar-refractivity contribution is 0.651. The van der Waals surface area contributed by atoms with E-state index in [2.05, 4.69) is 18.8 Å². The third kappa shape index (κ3) is 5.99. The van der Waals surface area contributed by atoms with E-state index in [1.807, 2.05) is 13.1 Å². The van der Waals surface area contributed by atoms with Crippen LogP contribution in [0.1, 0.15) is 6.92 Å². The van der Waals surface area contributed by atoms with Crippen molar-refractivity contribution in [3.8, 4) is 0 Å². The van der Waals surface area contributed by atoms with Gasteiger partial charge in [-0.25, -0.2) is 0 Å². The molecule has 0 bridgehead atoms. The normalized spacial score (nSPS) is 11.8. The summed E-state index contributed by atoms with van der Waals surface area (Å²) >= 11 is 0. The summed E-state index contributed by atoms with van der Waals surface area (Å²) in [6.07, 6.45) is 1.94. The van der Waals surface area contributed by atoms with Crippen LogP contribution in [0.2, 0.25) is 0 Å². The van der Waals surface area contributed by atoms with Crippen LogP contribution in [0.15, 0.2) is 12.7 Å². The number of nitrogens with one attached hydrogen (secondary N) is 1. The highest BCUT2D eigenvalue weighted by Gasteiger charge is 1.88. The Bertz CT molecular complexity index is 54.5. The largest absolute Gasteiger partial charge is 0.319 e. The molecule has 0 heterocycles. The fourth-order valence-corrected chi connectivity index (χ4v) is 0.405. The minimum atomic E-state index is 0. The predicted octanol–water partition coefficient (Wildman–Crippen LogP) is 1.45. The number of hydrogen-bond donors (Lipinski definition) is 1. The Labute approximate surface area is 57.6 Å². The fourth-order valence-electron chi connectivity index (χ4n) is 0.405. The van der Waals surface area contributed by atoms with E-state index in [1.54, 1.807) is 0 Å². The average Bonchev–Trinajstić information content (AvgIpc) is 1.68. The summed E-state index contributed by atoms with van der Waals surface area (Å²) in [6.45, 7) is 6.80. The van der Waals surface area contributed by atoms with Crippen molar-refractivity contribution < 1.29 is 0 Å². The van der Waals surface area contributed by atoms with Crippen LogP contribution in [-0.4, -0.2) is 13.6 Å². The molecule has 1 atom stereocenters. The van der Waals surface area contributed by atoms with Crippen LogP contribution in [-0.2, 0) is 0 Å². The second-order valence-corrected chi connectivity index (χ2v) is 1.77. The average molecular weight is 136 g/mol. The number of hydrogen-bond acceptors (Lipinski definition) is 1. The van der Waals surface area contributed by atoms with Crippen molar-refractivity contribution in [3.05, 3.63) is 12.7 Å². The number of rotatable bonds is 3. The van der Waals surface area contributed by atoms with Gasteiger partial charge >= 0.3 is 0 Å². The van der Waals surface area contributed by atoms with E-state index in [0.717, 1.165) is 6.54 Å². The van der Waals surface area contributed by atoms with E-state index >= 15 is 0 Å². The zero-order chi connectivity index (χ0) is 5.70. The van der Waals surface area contributed by atoms with Crippen LogP contribution >= 0.6 is 12.4 Å². The predicted molar refractivity (Wildman–Crippen MR) is 40.5 cm³/mol. The van der Waals surface area contributed by atoms with Gasteiger partial charge in [0.25, 0.3) is 0 Å². The van der Waals surface area contributed by atoms with Gasteiger partial charge in [0.2, 0.25) is 0 Å². The summed E-state index contributed by atoms with van der Waals surface area (Å²) in [4.78, 5) is 0. The van der Waals surface area contributed by atoms with E-state index < -0.39 is 0 Å². The lowest BCUT2D eigenvalue weighted by Gasteiger charge is -2.00. The lowest BCUT2D eigenvalue weighted by atomic mass is 10.2. The fraction of sp³-hybridized carbons (Fsp3) is 0.667. The van der Waals surface area contributed by atoms with Crippen molar-refractivity contribution in [2.24, 2.45) is 5.92 Å². The maximum absolute atomic E-state index is 3.64. The van der Waals surface area contributed by atoms with Crippen LogP contribution in [0.5, 0.6) is 0 Å². The highest BCUT2D eigenvalue weighted by molar-refractivity contribution is 5.85. The van der Waals surface area contributed by atoms with Gasteiger partial charge in [-0.15, -0.1) is 19.0 Å². The molecule has 0 fully saturated rings. The van der Waals surface area contributed by atoms with Crippen LogP contribution in [0.3, 0.4) is 0 Å². The molecule has 0 rings (SSSR count). The molecule has 0 saturated heterocycles. The molecule has 1 unspecified atom stereocenters. The minimum absolute atomic E-state index is 0. The molecule has 8 heavy (non-hydrogen) atoms. The van der Waals surface area contributed by atoms with Crippen molar-refractivity contribution in [1.82, 2.24) is 5.32 Å². The molecule has 0 saturated carbocycles. The second kappa shape index (κ2) is 6.99. The van der Waals surface area contributed by atoms with E-state index in [9.17, 15) is 0 Å². The third-order valence-corrected chi connectivity index (χ3v) is 0.928. The Balaban J connectivity index is 0. The van der Waals surface area contributed by atoms with Crippen LogP contribution < -0.4 is 5.32 Å². The smallest absolute Gasteiger partial charge is 0.000840 e. The Kier molecular flexibility index (Phi) is 9.51. The molecule has 50 valence electrons. The summed E-state index contributed by atoms with van der Waals surface area (Å²) < 4.78 is 0. The molecule has 0 aliphatic heterocycles. The van der Waals surface area contributed by atoms with E-state index in [1.165, 1.54) is 0 Å². The van der Waals surface area contributed by atoms with Crippen molar-refractivity contribution >= 4 is 12.4 Å². The first-order valence-corrected chi connectivity index (χ1v) is 2.58. The van der Waals surface area contributed by atoms with Gasteiger partial charge in [-0.05, 0) is 13.0 Å². The molecule has 0 radical (unpaired) electrons. The topological polar surface area (TPSA) is 12.0 Å². The van der Waals surface area contributed by atoms with Gasteiger partial charge in [0, 0.05) is 6.54 Å². The molecule has 0 spiro atoms. The van der Waals surface area contributed by atoms with Crippen molar-refractivity contribution in [2.75, 3.05) is 13.6 Å². The summed E-state index contributed by atoms with van der Waals surface area (Å²) in [5.41, 5.74) is 0. The van der Waals surface area contributed by atoms with E-state index in [-0.39, 0.29) is 12.4 Å². The second-order valence-electron chi connectivity index (χ2n) is 1.77. The summed E-state index contributed by atoms with van der Waals surface area (Å²) in [5, 5.41) is 3.05. The van der Waals surface area contributed by atoms with Gasteiger partial charge in [-0.1, -0.05) is 13.0 Å². The zero-order valence-electron chi connectivity index (χ0n) is 5.48. The first-order chi connectivity index (χ1) is 3.31. The molecule has 0 aliphatic rings. The lowest BCUT2D eigenvalue weighted by Crippen LogP contribution is -2.13. The molecule has 0 aromatic carbocycles. The Morgan fingerprint density at radius 2 is 2.25 bits per heavy atom. The van der Waals surface area contributed by atoms with Crippen molar-refractivity contribution in [2.45, 2.75) is 6.92 Å². The highest BCUT2D eigenvalue weighted by atomic mass is 35.5. The molecule has 1 nitrogen and oxygen atoms in total. The van der Waals surface area contributed by atoms with Gasteiger partial charge in [0.05, 0.1) is 0 Å².